The number of carbonyl (C=O) groups is 1. The molecule has 0 spiro atoms. The highest BCUT2D eigenvalue weighted by molar-refractivity contribution is 5.88. The molecule has 6 nitrogen and oxygen atoms in total. The van der Waals surface area contributed by atoms with Crippen molar-refractivity contribution in [2.45, 2.75) is 6.54 Å². The number of anilines is 2. The van der Waals surface area contributed by atoms with Crippen molar-refractivity contribution in [3.63, 3.8) is 0 Å². The van der Waals surface area contributed by atoms with Gasteiger partial charge in [0.15, 0.2) is 5.69 Å². The van der Waals surface area contributed by atoms with E-state index >= 15 is 0 Å². The number of esters is 1. The molecule has 2 rings (SSSR count). The van der Waals surface area contributed by atoms with E-state index in [0.717, 1.165) is 11.3 Å². The Labute approximate surface area is 122 Å². The second kappa shape index (κ2) is 6.60. The maximum Gasteiger partial charge on any atom is 0.356 e. The molecule has 21 heavy (non-hydrogen) atoms. The molecule has 6 heteroatoms. The van der Waals surface area contributed by atoms with E-state index in [1.54, 1.807) is 13.2 Å². The molecule has 1 aromatic heterocycles. The molecule has 0 bridgehead atoms. The lowest BCUT2D eigenvalue weighted by Gasteiger charge is -2.12. The van der Waals surface area contributed by atoms with E-state index < -0.39 is 5.97 Å². The van der Waals surface area contributed by atoms with Crippen LogP contribution in [0.15, 0.2) is 36.4 Å². The molecule has 2 aromatic rings. The molecule has 0 atom stereocenters. The fourth-order valence-electron chi connectivity index (χ4n) is 1.86. The molecular weight excluding hydrogens is 270 g/mol. The zero-order valence-electron chi connectivity index (χ0n) is 11.9. The fourth-order valence-corrected chi connectivity index (χ4v) is 1.86. The summed E-state index contributed by atoms with van der Waals surface area (Å²) in [6.07, 6.45) is 0. The topological polar surface area (TPSA) is 86.5 Å². The van der Waals surface area contributed by atoms with Gasteiger partial charge in [-0.3, -0.25) is 0 Å². The van der Waals surface area contributed by atoms with Gasteiger partial charge in [-0.25, -0.2) is 9.78 Å². The summed E-state index contributed by atoms with van der Waals surface area (Å²) in [6.45, 7) is 0.478. The normalized spacial score (nSPS) is 10.0. The Morgan fingerprint density at radius 3 is 2.71 bits per heavy atom. The van der Waals surface area contributed by atoms with Gasteiger partial charge >= 0.3 is 5.97 Å². The van der Waals surface area contributed by atoms with Crippen LogP contribution in [0.1, 0.15) is 16.1 Å². The maximum atomic E-state index is 11.5. The average molecular weight is 287 g/mol. The van der Waals surface area contributed by atoms with Crippen molar-refractivity contribution < 1.29 is 14.3 Å². The Kier molecular flexibility index (Phi) is 4.61. The highest BCUT2D eigenvalue weighted by atomic mass is 16.5. The zero-order valence-corrected chi connectivity index (χ0v) is 11.9. The summed E-state index contributed by atoms with van der Waals surface area (Å²) in [5.74, 6) is 0.701. The number of hydrogen-bond donors (Lipinski definition) is 2. The number of ether oxygens (including phenoxy) is 2. The summed E-state index contributed by atoms with van der Waals surface area (Å²) >= 11 is 0. The molecule has 0 aliphatic carbocycles. The van der Waals surface area contributed by atoms with Gasteiger partial charge in [-0.1, -0.05) is 18.2 Å². The van der Waals surface area contributed by atoms with Crippen LogP contribution in [0, 0.1) is 0 Å². The van der Waals surface area contributed by atoms with E-state index in [4.69, 9.17) is 10.5 Å². The molecule has 0 fully saturated rings. The van der Waals surface area contributed by atoms with Crippen LogP contribution >= 0.6 is 0 Å². The molecule has 0 amide bonds. The van der Waals surface area contributed by atoms with Gasteiger partial charge < -0.3 is 20.5 Å². The van der Waals surface area contributed by atoms with Crippen LogP contribution in [0.2, 0.25) is 0 Å². The second-order valence-electron chi connectivity index (χ2n) is 4.29. The first-order chi connectivity index (χ1) is 10.2. The number of benzene rings is 1. The van der Waals surface area contributed by atoms with Crippen LogP contribution in [0.25, 0.3) is 0 Å². The molecule has 0 unspecified atom stereocenters. The minimum atomic E-state index is -0.504. The Morgan fingerprint density at radius 2 is 2.00 bits per heavy atom. The van der Waals surface area contributed by atoms with E-state index in [1.807, 2.05) is 24.3 Å². The molecule has 1 aromatic carbocycles. The molecule has 0 saturated heterocycles. The van der Waals surface area contributed by atoms with Crippen LogP contribution in [-0.4, -0.2) is 25.2 Å². The number of nitrogens with zero attached hydrogens (tertiary/aromatic N) is 1. The number of para-hydroxylation sites is 1. The maximum absolute atomic E-state index is 11.5. The zero-order chi connectivity index (χ0) is 15.2. The SMILES string of the molecule is COC(=O)c1ccc(N)c(NCc2ccccc2OC)n1. The predicted molar refractivity (Wildman–Crippen MR) is 80.3 cm³/mol. The van der Waals surface area contributed by atoms with Crippen LogP contribution in [-0.2, 0) is 11.3 Å². The number of carbonyl (C=O) groups excluding carboxylic acids is 1. The number of nitrogens with two attached hydrogens (primary N) is 1. The average Bonchev–Trinajstić information content (AvgIpc) is 2.53. The lowest BCUT2D eigenvalue weighted by atomic mass is 10.2. The van der Waals surface area contributed by atoms with Crippen molar-refractivity contribution in [2.75, 3.05) is 25.3 Å². The van der Waals surface area contributed by atoms with Gasteiger partial charge in [0.2, 0.25) is 0 Å². The van der Waals surface area contributed by atoms with E-state index in [0.29, 0.717) is 18.1 Å². The molecule has 0 radical (unpaired) electrons. The first-order valence-electron chi connectivity index (χ1n) is 6.36. The van der Waals surface area contributed by atoms with Crippen molar-refractivity contribution in [3.8, 4) is 5.75 Å². The molecular formula is C15H17N3O3. The minimum absolute atomic E-state index is 0.203. The number of nitrogen functional groups attached to an aromatic ring is 1. The third kappa shape index (κ3) is 3.42. The molecule has 1 heterocycles. The molecule has 0 saturated carbocycles. The van der Waals surface area contributed by atoms with Crippen LogP contribution < -0.4 is 15.8 Å². The third-order valence-electron chi connectivity index (χ3n) is 2.96. The summed E-state index contributed by atoms with van der Waals surface area (Å²) < 4.78 is 9.92. The quantitative estimate of drug-likeness (QED) is 0.819. The van der Waals surface area contributed by atoms with E-state index in [2.05, 4.69) is 15.0 Å². The van der Waals surface area contributed by atoms with Gasteiger partial charge in [0.05, 0.1) is 19.9 Å². The van der Waals surface area contributed by atoms with Gasteiger partial charge in [-0.05, 0) is 18.2 Å². The highest BCUT2D eigenvalue weighted by Gasteiger charge is 2.10. The fraction of sp³-hybridized carbons (Fsp3) is 0.200. The van der Waals surface area contributed by atoms with Crippen LogP contribution in [0.5, 0.6) is 5.75 Å². The van der Waals surface area contributed by atoms with Gasteiger partial charge in [-0.15, -0.1) is 0 Å². The highest BCUT2D eigenvalue weighted by Crippen LogP contribution is 2.21. The number of pyridine rings is 1. The lowest BCUT2D eigenvalue weighted by molar-refractivity contribution is 0.0594. The van der Waals surface area contributed by atoms with Crippen molar-refractivity contribution >= 4 is 17.5 Å². The van der Waals surface area contributed by atoms with E-state index in [9.17, 15) is 4.79 Å². The lowest BCUT2D eigenvalue weighted by Crippen LogP contribution is -2.10. The Morgan fingerprint density at radius 1 is 1.24 bits per heavy atom. The first kappa shape index (κ1) is 14.6. The molecule has 110 valence electrons. The number of nitrogens with one attached hydrogen (secondary N) is 1. The molecule has 0 aliphatic heterocycles. The number of rotatable bonds is 5. The van der Waals surface area contributed by atoms with Gasteiger partial charge in [0, 0.05) is 12.1 Å². The minimum Gasteiger partial charge on any atom is -0.496 e. The Balaban J connectivity index is 2.17. The summed E-state index contributed by atoms with van der Waals surface area (Å²) in [5.41, 5.74) is 7.48. The van der Waals surface area contributed by atoms with Crippen molar-refractivity contribution in [2.24, 2.45) is 0 Å². The first-order valence-corrected chi connectivity index (χ1v) is 6.36. The number of hydrogen-bond acceptors (Lipinski definition) is 6. The van der Waals surface area contributed by atoms with E-state index in [1.165, 1.54) is 13.2 Å². The summed E-state index contributed by atoms with van der Waals surface area (Å²) in [7, 11) is 2.92. The summed E-state index contributed by atoms with van der Waals surface area (Å²) in [6, 6.07) is 10.8. The Hall–Kier alpha value is -2.76. The Bertz CT molecular complexity index is 644. The van der Waals surface area contributed by atoms with E-state index in [-0.39, 0.29) is 5.69 Å². The summed E-state index contributed by atoms with van der Waals surface area (Å²) in [5, 5.41) is 3.10. The summed E-state index contributed by atoms with van der Waals surface area (Å²) in [4.78, 5) is 15.6. The van der Waals surface area contributed by atoms with Crippen molar-refractivity contribution in [3.05, 3.63) is 47.7 Å². The van der Waals surface area contributed by atoms with Crippen molar-refractivity contribution in [1.82, 2.24) is 4.98 Å². The monoisotopic (exact) mass is 287 g/mol. The standard InChI is InChI=1S/C15H17N3O3/c1-20-13-6-4-3-5-10(13)9-17-14-11(16)7-8-12(18-14)15(19)21-2/h3-8H,9,16H2,1-2H3,(H,17,18). The van der Waals surface area contributed by atoms with Gasteiger partial charge in [-0.2, -0.15) is 0 Å². The van der Waals surface area contributed by atoms with Gasteiger partial charge in [0.1, 0.15) is 11.6 Å². The number of methoxy groups -OCH3 is 2. The van der Waals surface area contributed by atoms with Crippen LogP contribution in [0.4, 0.5) is 11.5 Å². The van der Waals surface area contributed by atoms with Gasteiger partial charge in [0.25, 0.3) is 0 Å². The number of aromatic nitrogens is 1. The largest absolute Gasteiger partial charge is 0.496 e. The second-order valence-corrected chi connectivity index (χ2v) is 4.29. The predicted octanol–water partition coefficient (Wildman–Crippen LogP) is 2.07. The van der Waals surface area contributed by atoms with Crippen LogP contribution in [0.3, 0.4) is 0 Å². The molecule has 3 N–H and O–H groups in total. The van der Waals surface area contributed by atoms with Crippen molar-refractivity contribution in [1.29, 1.82) is 0 Å². The third-order valence-corrected chi connectivity index (χ3v) is 2.96. The smallest absolute Gasteiger partial charge is 0.356 e. The molecule has 0 aliphatic rings.